The van der Waals surface area contributed by atoms with Gasteiger partial charge in [0.2, 0.25) is 5.91 Å². The van der Waals surface area contributed by atoms with Crippen LogP contribution in [0.4, 0.5) is 16.2 Å². The van der Waals surface area contributed by atoms with Crippen LogP contribution in [0.25, 0.3) is 0 Å². The highest BCUT2D eigenvalue weighted by molar-refractivity contribution is 6.00. The Morgan fingerprint density at radius 1 is 1.09 bits per heavy atom. The molecule has 0 radical (unpaired) electrons. The number of nitrogens with zero attached hydrogens (tertiary/aromatic N) is 3. The molecule has 0 saturated carbocycles. The monoisotopic (exact) mass is 641 g/mol. The molecule has 3 N–H and O–H groups in total. The summed E-state index contributed by atoms with van der Waals surface area (Å²) in [6, 6.07) is 22.2. The Labute approximate surface area is 275 Å². The number of nitrogens with one attached hydrogen (secondary N) is 2. The Morgan fingerprint density at radius 2 is 1.81 bits per heavy atom. The highest BCUT2D eigenvalue weighted by Gasteiger charge is 2.31. The van der Waals surface area contributed by atoms with Gasteiger partial charge in [0.1, 0.15) is 34.7 Å². The summed E-state index contributed by atoms with van der Waals surface area (Å²) in [5.41, 5.74) is 3.36. The van der Waals surface area contributed by atoms with Gasteiger partial charge in [-0.2, -0.15) is 0 Å². The third-order valence-corrected chi connectivity index (χ3v) is 8.29. The maximum atomic E-state index is 13.6. The van der Waals surface area contributed by atoms with E-state index >= 15 is 0 Å². The summed E-state index contributed by atoms with van der Waals surface area (Å²) in [5.74, 6) is 2.49. The van der Waals surface area contributed by atoms with Crippen molar-refractivity contribution in [2.24, 2.45) is 5.92 Å². The lowest BCUT2D eigenvalue weighted by Crippen LogP contribution is -2.47. The summed E-state index contributed by atoms with van der Waals surface area (Å²) in [4.78, 5) is 30.3. The van der Waals surface area contributed by atoms with Crippen LogP contribution in [0.15, 0.2) is 77.3 Å². The summed E-state index contributed by atoms with van der Waals surface area (Å²) in [6.07, 6.45) is -0.201. The number of ether oxygens (including phenoxy) is 2. The molecule has 3 aromatic carbocycles. The number of hydrogen-bond donors (Lipinski definition) is 3. The predicted molar refractivity (Wildman–Crippen MR) is 180 cm³/mol. The number of benzene rings is 3. The first kappa shape index (κ1) is 33.5. The van der Waals surface area contributed by atoms with Crippen molar-refractivity contribution in [2.45, 2.75) is 52.8 Å². The largest absolute Gasteiger partial charge is 0.488 e. The van der Waals surface area contributed by atoms with E-state index in [2.05, 4.69) is 39.7 Å². The molecule has 11 nitrogen and oxygen atoms in total. The van der Waals surface area contributed by atoms with Crippen LogP contribution >= 0.6 is 0 Å². The average molecular weight is 642 g/mol. The topological polar surface area (TPSA) is 129 Å². The number of hydrogen-bond acceptors (Lipinski definition) is 8. The lowest BCUT2D eigenvalue weighted by Gasteiger charge is -2.34. The van der Waals surface area contributed by atoms with E-state index in [1.807, 2.05) is 56.4 Å². The molecule has 3 amide bonds. The number of aliphatic hydroxyl groups is 1. The molecular formula is C36H43N5O6. The second kappa shape index (κ2) is 15.1. The average Bonchev–Trinajstić information content (AvgIpc) is 3.38. The molecule has 0 unspecified atom stereocenters. The van der Waals surface area contributed by atoms with Crippen LogP contribution in [0.5, 0.6) is 17.2 Å². The molecule has 248 valence electrons. The molecule has 0 spiro atoms. The van der Waals surface area contributed by atoms with Gasteiger partial charge in [0.15, 0.2) is 5.76 Å². The zero-order chi connectivity index (χ0) is 33.5. The fraction of sp³-hybridized carbons (Fsp3) is 0.361. The van der Waals surface area contributed by atoms with Crippen molar-refractivity contribution in [3.8, 4) is 17.2 Å². The number of urea groups is 1. The van der Waals surface area contributed by atoms with Crippen LogP contribution in [0.3, 0.4) is 0 Å². The Bertz CT molecular complexity index is 1640. The minimum absolute atomic E-state index is 0.0402. The summed E-state index contributed by atoms with van der Waals surface area (Å²) < 4.78 is 17.7. The van der Waals surface area contributed by atoms with Crippen LogP contribution in [0, 0.1) is 19.8 Å². The summed E-state index contributed by atoms with van der Waals surface area (Å²) in [5, 5.41) is 19.5. The van der Waals surface area contributed by atoms with Crippen LogP contribution in [0.1, 0.15) is 36.4 Å². The van der Waals surface area contributed by atoms with E-state index in [0.717, 1.165) is 17.1 Å². The number of para-hydroxylation sites is 1. The molecule has 3 atom stereocenters. The van der Waals surface area contributed by atoms with Crippen LogP contribution in [-0.2, 0) is 17.8 Å². The maximum absolute atomic E-state index is 13.6. The highest BCUT2D eigenvalue weighted by Crippen LogP contribution is 2.30. The van der Waals surface area contributed by atoms with Crippen LogP contribution in [0.2, 0.25) is 0 Å². The van der Waals surface area contributed by atoms with E-state index in [-0.39, 0.29) is 37.0 Å². The van der Waals surface area contributed by atoms with Gasteiger partial charge in [-0.15, -0.1) is 0 Å². The number of carbonyl (C=O) groups is 2. The Hall–Kier alpha value is -4.87. The maximum Gasteiger partial charge on any atom is 0.323 e. The number of aliphatic hydroxyl groups excluding tert-OH is 1. The standard InChI is InChI=1S/C36H43N5O6/c1-23-19-41(24(2)22-42)34(43)18-28-17-29(37-36(44)38-35-25(3)39-47-26(35)4)13-16-32(28)46-33(23)21-40(5)20-27-11-14-31(15-12-27)45-30-9-7-6-8-10-30/h6-17,23-24,33,42H,18-22H2,1-5H3,(H2,37,38,44)/t23-,24+,33-/m0/s1. The molecule has 1 aliphatic rings. The zero-order valence-electron chi connectivity index (χ0n) is 27.5. The first-order valence-electron chi connectivity index (χ1n) is 15.8. The minimum Gasteiger partial charge on any atom is -0.488 e. The van der Waals surface area contributed by atoms with Crippen molar-refractivity contribution >= 4 is 23.3 Å². The number of fused-ring (bicyclic) bond motifs is 1. The quantitative estimate of drug-likeness (QED) is 0.192. The second-order valence-electron chi connectivity index (χ2n) is 12.2. The van der Waals surface area contributed by atoms with Gasteiger partial charge in [-0.1, -0.05) is 42.4 Å². The molecule has 11 heteroatoms. The van der Waals surface area contributed by atoms with Gasteiger partial charge < -0.3 is 34.6 Å². The zero-order valence-corrected chi connectivity index (χ0v) is 27.5. The van der Waals surface area contributed by atoms with E-state index in [1.54, 1.807) is 36.9 Å². The van der Waals surface area contributed by atoms with E-state index in [0.29, 0.717) is 53.8 Å². The van der Waals surface area contributed by atoms with Crippen LogP contribution < -0.4 is 20.1 Å². The van der Waals surface area contributed by atoms with E-state index in [9.17, 15) is 14.7 Å². The number of amides is 3. The van der Waals surface area contributed by atoms with Gasteiger partial charge in [-0.25, -0.2) is 4.79 Å². The number of aryl methyl sites for hydroxylation is 2. The number of anilines is 2. The van der Waals surface area contributed by atoms with E-state index < -0.39 is 6.03 Å². The normalized spacial score (nSPS) is 17.2. The minimum atomic E-state index is -0.460. The van der Waals surface area contributed by atoms with Crippen LogP contribution in [-0.4, -0.2) is 70.9 Å². The number of rotatable bonds is 10. The van der Waals surface area contributed by atoms with Crippen molar-refractivity contribution in [3.63, 3.8) is 0 Å². The smallest absolute Gasteiger partial charge is 0.323 e. The van der Waals surface area contributed by atoms with Crippen molar-refractivity contribution < 1.29 is 28.7 Å². The van der Waals surface area contributed by atoms with Crippen molar-refractivity contribution in [2.75, 3.05) is 37.4 Å². The SMILES string of the molecule is Cc1noc(C)c1NC(=O)Nc1ccc2c(c1)CC(=O)N([C@H](C)CO)C[C@H](C)[C@H](CN(C)Cc1ccc(Oc3ccccc3)cc1)O2. The lowest BCUT2D eigenvalue weighted by atomic mass is 10.0. The summed E-state index contributed by atoms with van der Waals surface area (Å²) in [7, 11) is 2.04. The fourth-order valence-electron chi connectivity index (χ4n) is 5.63. The van der Waals surface area contributed by atoms with E-state index in [1.165, 1.54) is 0 Å². The second-order valence-corrected chi connectivity index (χ2v) is 12.2. The first-order chi connectivity index (χ1) is 22.6. The highest BCUT2D eigenvalue weighted by atomic mass is 16.5. The van der Waals surface area contributed by atoms with Gasteiger partial charge in [0.25, 0.3) is 0 Å². The molecule has 5 rings (SSSR count). The molecule has 1 aliphatic heterocycles. The first-order valence-corrected chi connectivity index (χ1v) is 15.8. The third-order valence-electron chi connectivity index (χ3n) is 8.29. The van der Waals surface area contributed by atoms with E-state index in [4.69, 9.17) is 14.0 Å². The van der Waals surface area contributed by atoms with Gasteiger partial charge in [-0.3, -0.25) is 9.69 Å². The number of carbonyl (C=O) groups excluding carboxylic acids is 2. The fourth-order valence-corrected chi connectivity index (χ4v) is 5.63. The van der Waals surface area contributed by atoms with Gasteiger partial charge in [-0.05, 0) is 75.8 Å². The Balaban J connectivity index is 1.31. The van der Waals surface area contributed by atoms with Gasteiger partial charge >= 0.3 is 6.03 Å². The molecule has 47 heavy (non-hydrogen) atoms. The van der Waals surface area contributed by atoms with Gasteiger partial charge in [0, 0.05) is 36.8 Å². The Morgan fingerprint density at radius 3 is 2.49 bits per heavy atom. The summed E-state index contributed by atoms with van der Waals surface area (Å²) >= 11 is 0. The molecule has 2 heterocycles. The predicted octanol–water partition coefficient (Wildman–Crippen LogP) is 6.01. The molecule has 0 saturated heterocycles. The van der Waals surface area contributed by atoms with Gasteiger partial charge in [0.05, 0.1) is 19.1 Å². The number of likely N-dealkylation sites (N-methyl/N-ethyl adjacent to an activating group) is 1. The molecule has 0 aliphatic carbocycles. The van der Waals surface area contributed by atoms with Crippen molar-refractivity contribution in [1.82, 2.24) is 15.0 Å². The molecule has 0 bridgehead atoms. The summed E-state index contributed by atoms with van der Waals surface area (Å²) in [6.45, 7) is 8.94. The molecule has 0 fully saturated rings. The molecule has 4 aromatic rings. The Kier molecular flexibility index (Phi) is 10.8. The third kappa shape index (κ3) is 8.69. The lowest BCUT2D eigenvalue weighted by molar-refractivity contribution is -0.134. The molecular weight excluding hydrogens is 598 g/mol. The van der Waals surface area contributed by atoms with Crippen molar-refractivity contribution in [1.29, 1.82) is 0 Å². The number of aromatic nitrogens is 1. The van der Waals surface area contributed by atoms with Crippen molar-refractivity contribution in [3.05, 3.63) is 95.4 Å². The molecule has 1 aromatic heterocycles.